The summed E-state index contributed by atoms with van der Waals surface area (Å²) in [6, 6.07) is 30.3. The topological polar surface area (TPSA) is 3.88 Å². The average Bonchev–Trinajstić information content (AvgIpc) is 2.74. The van der Waals surface area contributed by atoms with Gasteiger partial charge in [0.15, 0.2) is 6.20 Å². The van der Waals surface area contributed by atoms with Crippen LogP contribution in [0.5, 0.6) is 0 Å². The van der Waals surface area contributed by atoms with E-state index >= 15 is 0 Å². The zero-order chi connectivity index (χ0) is 19.9. The number of benzene rings is 3. The van der Waals surface area contributed by atoms with E-state index < -0.39 is 0 Å². The van der Waals surface area contributed by atoms with Crippen molar-refractivity contribution in [3.05, 3.63) is 101 Å². The molecule has 0 amide bonds. The molecule has 0 aliphatic carbocycles. The van der Waals surface area contributed by atoms with Crippen molar-refractivity contribution in [1.82, 2.24) is 0 Å². The van der Waals surface area contributed by atoms with Crippen molar-refractivity contribution < 1.29 is 28.5 Å². The smallest absolute Gasteiger partial charge is 0.212 e. The van der Waals surface area contributed by atoms with Crippen LogP contribution in [0.15, 0.2) is 105 Å². The molecule has 154 valence electrons. The van der Waals surface area contributed by atoms with E-state index in [2.05, 4.69) is 112 Å². The Bertz CT molecular complexity index is 1080. The Hall–Kier alpha value is -1.37. The highest BCUT2D eigenvalue weighted by Crippen LogP contribution is 2.30. The van der Waals surface area contributed by atoms with Crippen LogP contribution < -0.4 is 28.5 Å². The molecular formula is C26H25BrINS. The molecule has 0 spiro atoms. The molecule has 0 unspecified atom stereocenters. The molecule has 0 radical (unpaired) electrons. The Morgan fingerprint density at radius 3 is 2.37 bits per heavy atom. The summed E-state index contributed by atoms with van der Waals surface area (Å²) in [6.45, 7) is 1.06. The molecule has 0 bridgehead atoms. The molecular weight excluding hydrogens is 565 g/mol. The van der Waals surface area contributed by atoms with Crippen LogP contribution in [0.3, 0.4) is 0 Å². The fourth-order valence-corrected chi connectivity index (χ4v) is 5.15. The second kappa shape index (κ2) is 11.9. The van der Waals surface area contributed by atoms with Crippen molar-refractivity contribution in [3.63, 3.8) is 0 Å². The Balaban J connectivity index is 0.00000256. The third kappa shape index (κ3) is 6.56. The van der Waals surface area contributed by atoms with Crippen molar-refractivity contribution in [2.45, 2.75) is 42.0 Å². The molecule has 0 saturated heterocycles. The monoisotopic (exact) mass is 589 g/mol. The number of pyridine rings is 1. The van der Waals surface area contributed by atoms with E-state index in [1.54, 1.807) is 0 Å². The van der Waals surface area contributed by atoms with Gasteiger partial charge in [-0.1, -0.05) is 76.2 Å². The molecule has 0 saturated carbocycles. The number of rotatable bonds is 8. The summed E-state index contributed by atoms with van der Waals surface area (Å²) in [5.74, 6) is 0. The Kier molecular flexibility index (Phi) is 9.22. The minimum Gasteiger partial charge on any atom is -1.00 e. The number of hydrogen-bond donors (Lipinski definition) is 0. The largest absolute Gasteiger partial charge is 1.00 e. The Morgan fingerprint density at radius 2 is 1.53 bits per heavy atom. The molecule has 0 aliphatic rings. The molecule has 0 aliphatic heterocycles. The summed E-state index contributed by atoms with van der Waals surface area (Å²) in [5.41, 5.74) is 2.76. The van der Waals surface area contributed by atoms with Crippen molar-refractivity contribution in [2.75, 3.05) is 0 Å². The van der Waals surface area contributed by atoms with Crippen LogP contribution >= 0.6 is 27.7 Å². The molecule has 0 atom stereocenters. The maximum Gasteiger partial charge on any atom is 0.212 e. The zero-order valence-electron chi connectivity index (χ0n) is 16.8. The van der Waals surface area contributed by atoms with E-state index in [0.717, 1.165) is 11.0 Å². The van der Waals surface area contributed by atoms with E-state index in [1.165, 1.54) is 51.9 Å². The van der Waals surface area contributed by atoms with Crippen LogP contribution in [0.4, 0.5) is 0 Å². The third-order valence-corrected chi connectivity index (χ3v) is 6.51. The van der Waals surface area contributed by atoms with Gasteiger partial charge in [0, 0.05) is 27.2 Å². The summed E-state index contributed by atoms with van der Waals surface area (Å²) in [5, 5.41) is 1.30. The molecule has 4 heteroatoms. The van der Waals surface area contributed by atoms with Crippen LogP contribution in [0.2, 0.25) is 0 Å². The predicted octanol–water partition coefficient (Wildman–Crippen LogP) is 4.46. The number of aromatic nitrogens is 1. The number of aryl methyl sites for hydroxylation is 2. The van der Waals surface area contributed by atoms with Crippen LogP contribution in [0.25, 0.3) is 10.9 Å². The lowest BCUT2D eigenvalue weighted by molar-refractivity contribution is -0.673. The minimum atomic E-state index is 0. The summed E-state index contributed by atoms with van der Waals surface area (Å²) in [7, 11) is 0. The van der Waals surface area contributed by atoms with Crippen molar-refractivity contribution >= 4 is 38.6 Å². The van der Waals surface area contributed by atoms with Gasteiger partial charge in [-0.3, -0.25) is 0 Å². The van der Waals surface area contributed by atoms with Gasteiger partial charge in [0.1, 0.15) is 6.54 Å². The van der Waals surface area contributed by atoms with E-state index in [9.17, 15) is 0 Å². The SMILES string of the molecule is Brc1cccc(Sc2cc3ccccc3[n+](CCCCCc3ccccc3)c2)c1.[I-]. The predicted molar refractivity (Wildman–Crippen MR) is 126 cm³/mol. The second-order valence-corrected chi connectivity index (χ2v) is 9.35. The maximum absolute atomic E-state index is 3.58. The van der Waals surface area contributed by atoms with Crippen LogP contribution in [-0.2, 0) is 13.0 Å². The van der Waals surface area contributed by atoms with Gasteiger partial charge in [-0.15, -0.1) is 0 Å². The fraction of sp³-hybridized carbons (Fsp3) is 0.192. The third-order valence-electron chi connectivity index (χ3n) is 5.07. The fourth-order valence-electron chi connectivity index (χ4n) is 3.62. The van der Waals surface area contributed by atoms with Crippen molar-refractivity contribution in [1.29, 1.82) is 0 Å². The van der Waals surface area contributed by atoms with Gasteiger partial charge < -0.3 is 24.0 Å². The summed E-state index contributed by atoms with van der Waals surface area (Å²) >= 11 is 5.40. The lowest BCUT2D eigenvalue weighted by Gasteiger charge is -2.06. The molecule has 30 heavy (non-hydrogen) atoms. The average molecular weight is 590 g/mol. The number of halogens is 2. The number of unbranched alkanes of at least 4 members (excludes halogenated alkanes) is 2. The number of hydrogen-bond acceptors (Lipinski definition) is 1. The van der Waals surface area contributed by atoms with Gasteiger partial charge in [-0.05, 0) is 55.2 Å². The minimum absolute atomic E-state index is 0. The van der Waals surface area contributed by atoms with Gasteiger partial charge in [0.25, 0.3) is 0 Å². The lowest BCUT2D eigenvalue weighted by Crippen LogP contribution is -3.00. The first-order valence-corrected chi connectivity index (χ1v) is 11.8. The molecule has 0 N–H and O–H groups in total. The summed E-state index contributed by atoms with van der Waals surface area (Å²) < 4.78 is 3.55. The number of para-hydroxylation sites is 1. The molecule has 4 aromatic rings. The molecule has 3 aromatic carbocycles. The number of fused-ring (bicyclic) bond motifs is 1. The van der Waals surface area contributed by atoms with Crippen LogP contribution in [-0.4, -0.2) is 0 Å². The van der Waals surface area contributed by atoms with E-state index in [4.69, 9.17) is 0 Å². The molecule has 1 nitrogen and oxygen atoms in total. The molecule has 4 rings (SSSR count). The number of nitrogens with zero attached hydrogens (tertiary/aromatic N) is 1. The molecule has 0 fully saturated rings. The molecule has 1 heterocycles. The normalized spacial score (nSPS) is 10.7. The first-order chi connectivity index (χ1) is 14.3. The van der Waals surface area contributed by atoms with Crippen LogP contribution in [0.1, 0.15) is 24.8 Å². The van der Waals surface area contributed by atoms with Gasteiger partial charge in [-0.2, -0.15) is 4.57 Å². The van der Waals surface area contributed by atoms with E-state index in [-0.39, 0.29) is 24.0 Å². The lowest BCUT2D eigenvalue weighted by atomic mass is 10.1. The maximum atomic E-state index is 3.58. The van der Waals surface area contributed by atoms with Gasteiger partial charge in [0.05, 0.1) is 4.90 Å². The Labute approximate surface area is 209 Å². The zero-order valence-corrected chi connectivity index (χ0v) is 21.4. The van der Waals surface area contributed by atoms with Gasteiger partial charge in [0.2, 0.25) is 5.52 Å². The highest BCUT2D eigenvalue weighted by molar-refractivity contribution is 9.10. The second-order valence-electron chi connectivity index (χ2n) is 7.28. The molecule has 1 aromatic heterocycles. The van der Waals surface area contributed by atoms with E-state index in [1.807, 2.05) is 11.8 Å². The highest BCUT2D eigenvalue weighted by Gasteiger charge is 2.12. The van der Waals surface area contributed by atoms with Crippen molar-refractivity contribution in [3.8, 4) is 0 Å². The first-order valence-electron chi connectivity index (χ1n) is 10.2. The van der Waals surface area contributed by atoms with Gasteiger partial charge in [-0.25, -0.2) is 0 Å². The highest BCUT2D eigenvalue weighted by atomic mass is 127. The van der Waals surface area contributed by atoms with Crippen LogP contribution in [0, 0.1) is 0 Å². The van der Waals surface area contributed by atoms with E-state index in [0.29, 0.717) is 0 Å². The van der Waals surface area contributed by atoms with Crippen molar-refractivity contribution in [2.24, 2.45) is 0 Å². The first kappa shape index (κ1) is 23.3. The summed E-state index contributed by atoms with van der Waals surface area (Å²) in [4.78, 5) is 2.54. The Morgan fingerprint density at radius 1 is 0.733 bits per heavy atom. The summed E-state index contributed by atoms with van der Waals surface area (Å²) in [6.07, 6.45) is 7.18. The quantitative estimate of drug-likeness (QED) is 0.167. The standard InChI is InChI=1S/C26H25BrNS.HI/c27-23-14-9-15-24(19-23)29-25-18-22-13-6-7-16-26(22)28(20-25)17-8-2-5-12-21-10-3-1-4-11-21;/h1,3-4,6-7,9-11,13-16,18-20H,2,5,8,12,17H2;1H/q+1;/p-1. The van der Waals surface area contributed by atoms with Gasteiger partial charge >= 0.3 is 0 Å².